The lowest BCUT2D eigenvalue weighted by Gasteiger charge is -2.07. The third-order valence-electron chi connectivity index (χ3n) is 9.81. The first-order valence-corrected chi connectivity index (χ1v) is 27.7. The van der Waals surface area contributed by atoms with Crippen LogP contribution in [0.4, 0.5) is 0 Å². The lowest BCUT2D eigenvalue weighted by atomic mass is 10.1. The van der Waals surface area contributed by atoms with E-state index in [0.29, 0.717) is 63.3 Å². The van der Waals surface area contributed by atoms with Crippen LogP contribution in [0.1, 0.15) is 91.2 Å². The number of carbonyl (C=O) groups is 10. The maximum absolute atomic E-state index is 10.4. The summed E-state index contributed by atoms with van der Waals surface area (Å²) in [5.41, 5.74) is 63.0. The average molecular weight is 1270 g/mol. The Hall–Kier alpha value is -7.64. The normalized spacial score (nSPS) is 13.0. The second-order valence-electron chi connectivity index (χ2n) is 19.4. The molecule has 0 heterocycles. The number of hydrogen-bond acceptors (Lipinski definition) is 22. The molecule has 0 unspecified atom stereocenters. The van der Waals surface area contributed by atoms with Gasteiger partial charge in [-0.15, -0.1) is 0 Å². The summed E-state index contributed by atoms with van der Waals surface area (Å²) in [5, 5.41) is 82.5. The molecule has 0 saturated carbocycles. The van der Waals surface area contributed by atoms with E-state index < -0.39 is 121 Å². The van der Waals surface area contributed by atoms with Crippen molar-refractivity contribution in [1.29, 1.82) is 0 Å². The number of primary amides is 1. The van der Waals surface area contributed by atoms with Crippen LogP contribution in [0, 0.1) is 17.8 Å². The molecular formula is C53H99N13O20S. The topological polar surface area (TPSA) is 698 Å². The fourth-order valence-corrected chi connectivity index (χ4v) is 5.30. The minimum absolute atomic E-state index is 0.0129. The molecule has 34 heteroatoms. The quantitative estimate of drug-likeness (QED) is 0.0238. The second-order valence-corrected chi connectivity index (χ2v) is 20.4. The molecule has 34 N–H and O–H groups in total. The molecule has 2 rings (SSSR count). The van der Waals surface area contributed by atoms with Gasteiger partial charge in [-0.2, -0.15) is 11.8 Å². The molecule has 0 radical (unpaired) electrons. The Bertz CT molecular complexity index is 2160. The van der Waals surface area contributed by atoms with Gasteiger partial charge in [0.25, 0.3) is 0 Å². The van der Waals surface area contributed by atoms with Crippen LogP contribution < -0.4 is 68.8 Å². The predicted molar refractivity (Wildman–Crippen MR) is 328 cm³/mol. The van der Waals surface area contributed by atoms with Gasteiger partial charge in [0, 0.05) is 6.54 Å². The van der Waals surface area contributed by atoms with Gasteiger partial charge in [-0.25, -0.2) is 0 Å². The van der Waals surface area contributed by atoms with E-state index in [0.717, 1.165) is 16.9 Å². The fraction of sp³-hybridized carbons (Fsp3) is 0.566. The summed E-state index contributed by atoms with van der Waals surface area (Å²) in [5.74, 6) is -8.12. The van der Waals surface area contributed by atoms with E-state index in [9.17, 15) is 47.9 Å². The molecule has 0 aliphatic rings. The number of aliphatic hydroxyl groups excluding tert-OH is 1. The molecule has 0 aromatic heterocycles. The van der Waals surface area contributed by atoms with Gasteiger partial charge in [0.05, 0.1) is 13.0 Å². The van der Waals surface area contributed by atoms with Gasteiger partial charge in [0.2, 0.25) is 5.91 Å². The Morgan fingerprint density at radius 2 is 0.747 bits per heavy atom. The van der Waals surface area contributed by atoms with Gasteiger partial charge >= 0.3 is 53.7 Å². The summed E-state index contributed by atoms with van der Waals surface area (Å²) >= 11 is 1.60. The molecule has 1 amide bonds. The van der Waals surface area contributed by atoms with E-state index >= 15 is 0 Å². The predicted octanol–water partition coefficient (Wildman–Crippen LogP) is -2.51. The number of amides is 1. The second kappa shape index (κ2) is 57.4. The summed E-state index contributed by atoms with van der Waals surface area (Å²) in [6.07, 6.45) is 4.99. The maximum atomic E-state index is 10.4. The van der Waals surface area contributed by atoms with Crippen molar-refractivity contribution in [3.63, 3.8) is 0 Å². The van der Waals surface area contributed by atoms with E-state index in [1.54, 1.807) is 25.6 Å². The van der Waals surface area contributed by atoms with Crippen LogP contribution >= 0.6 is 11.8 Å². The van der Waals surface area contributed by atoms with E-state index in [-0.39, 0.29) is 18.3 Å². The third-order valence-corrected chi connectivity index (χ3v) is 10.5. The van der Waals surface area contributed by atoms with Crippen LogP contribution in [0.25, 0.3) is 0 Å². The van der Waals surface area contributed by atoms with Gasteiger partial charge in [0.15, 0.2) is 5.96 Å². The first-order valence-electron chi connectivity index (χ1n) is 26.3. The first kappa shape index (κ1) is 93.1. The number of guanidine groups is 1. The van der Waals surface area contributed by atoms with Gasteiger partial charge in [-0.1, -0.05) is 102 Å². The highest BCUT2D eigenvalue weighted by atomic mass is 32.2. The first-order chi connectivity index (χ1) is 40.0. The van der Waals surface area contributed by atoms with Crippen molar-refractivity contribution in [2.45, 2.75) is 147 Å². The number of nitrogens with two attached hydrogens (primary N) is 12. The molecule has 9 atom stereocenters. The number of carboxylic acid groups (broad SMARTS) is 9. The van der Waals surface area contributed by atoms with Crippen LogP contribution in [-0.4, -0.2) is 196 Å². The number of rotatable bonds is 28. The van der Waals surface area contributed by atoms with Crippen LogP contribution in [-0.2, 0) is 60.8 Å². The van der Waals surface area contributed by atoms with Crippen molar-refractivity contribution in [1.82, 2.24) is 0 Å². The number of hydrogen-bond donors (Lipinski definition) is 22. The molecule has 502 valence electrons. The SMILES string of the molecule is CC(C)C[C@H](N)C(=O)O.CC(C)C[C@H](N)C(=O)O.CC(C)[C@H](N)C(=O)O.CSCC[C@H](N)C(=O)O.NC(=O)C[C@H](N)C(=O)O.NC(N)=NCCC[C@H](N)C(=O)O.N[C@@H](CO)C(=O)O.N[C@@H](Cc1ccccc1)C(=O)O.N[C@@H](Cc1ccccc1)C(=O)O. The van der Waals surface area contributed by atoms with Crippen LogP contribution in [0.5, 0.6) is 0 Å². The Morgan fingerprint density at radius 3 is 0.931 bits per heavy atom. The van der Waals surface area contributed by atoms with Crippen LogP contribution in [0.3, 0.4) is 0 Å². The highest BCUT2D eigenvalue weighted by molar-refractivity contribution is 7.98. The van der Waals surface area contributed by atoms with Gasteiger partial charge in [-0.3, -0.25) is 52.9 Å². The lowest BCUT2D eigenvalue weighted by Crippen LogP contribution is -2.34. The van der Waals surface area contributed by atoms with Crippen LogP contribution in [0.2, 0.25) is 0 Å². The molecule has 0 bridgehead atoms. The highest BCUT2D eigenvalue weighted by Crippen LogP contribution is 2.05. The largest absolute Gasteiger partial charge is 0.480 e. The number of carbonyl (C=O) groups excluding carboxylic acids is 1. The number of carboxylic acids is 9. The molecule has 2 aromatic carbocycles. The molecular weight excluding hydrogens is 1170 g/mol. The fourth-order valence-electron chi connectivity index (χ4n) is 4.81. The van der Waals surface area contributed by atoms with E-state index in [1.807, 2.05) is 94.6 Å². The Labute approximate surface area is 510 Å². The lowest BCUT2D eigenvalue weighted by molar-refractivity contribution is -0.140. The Morgan fingerprint density at radius 1 is 0.437 bits per heavy atom. The zero-order valence-electron chi connectivity index (χ0n) is 50.3. The zero-order chi connectivity index (χ0) is 69.7. The number of benzene rings is 2. The minimum atomic E-state index is -1.21. The minimum Gasteiger partial charge on any atom is -0.480 e. The average Bonchev–Trinajstić information content (AvgIpc) is 3.41. The standard InChI is InChI=1S/2C9H11NO2.C6H14N4O2.2C6H13NO2.C5H11NO2S.C5H11NO2.C4H8N2O3.C3H7NO3/c2*10-8(9(11)12)6-7-4-2-1-3-5-7;7-4(5(11)12)2-1-3-10-6(8)9;2*1-4(2)3-5(7)6(8)9;1-9-3-2-4(6)5(7)8;1-3(2)4(6)5(7)8;5-2(4(8)9)1-3(6)7;4-2(1-5)3(6)7/h2*1-5,8H,6,10H2,(H,11,12);4H,1-3,7H2,(H,11,12)(H4,8,9,10);2*4-5H,3,7H2,1-2H3,(H,8,9);4H,2-3,6H2,1H3,(H,7,8);3-4H,6H2,1-2H3,(H,7,8);2H,1,5H2,(H2,6,7)(H,8,9);2,5H,1,4H2,(H,6,7)/t2*8-;4-;2*5-;2*4-;2*2-/m000000000/s1. The number of aliphatic carboxylic acids is 9. The summed E-state index contributed by atoms with van der Waals surface area (Å²) in [6.45, 7) is 11.3. The smallest absolute Gasteiger partial charge is 0.322 e. The molecule has 0 spiro atoms. The molecule has 0 fully saturated rings. The number of nitrogens with zero attached hydrogens (tertiary/aromatic N) is 1. The van der Waals surface area contributed by atoms with E-state index in [4.69, 9.17) is 114 Å². The highest BCUT2D eigenvalue weighted by Gasteiger charge is 2.17. The van der Waals surface area contributed by atoms with Crippen molar-refractivity contribution in [2.24, 2.45) is 91.6 Å². The Kier molecular flexibility index (Phi) is 61.4. The summed E-state index contributed by atoms with van der Waals surface area (Å²) in [7, 11) is 0. The number of aliphatic hydroxyl groups is 1. The van der Waals surface area contributed by atoms with Gasteiger partial charge in [0.1, 0.15) is 54.4 Å². The molecule has 87 heavy (non-hydrogen) atoms. The molecule has 2 aromatic rings. The molecule has 0 aliphatic heterocycles. The number of thioether (sulfide) groups is 1. The van der Waals surface area contributed by atoms with Gasteiger partial charge in [-0.05, 0) is 85.8 Å². The van der Waals surface area contributed by atoms with Crippen molar-refractivity contribution < 1.29 is 99.0 Å². The summed E-state index contributed by atoms with van der Waals surface area (Å²) < 4.78 is 0. The monoisotopic (exact) mass is 1270 g/mol. The number of aliphatic imine (C=N–C) groups is 1. The van der Waals surface area contributed by atoms with Crippen molar-refractivity contribution >= 4 is 77.4 Å². The molecule has 0 saturated heterocycles. The third kappa shape index (κ3) is 69.0. The van der Waals surface area contributed by atoms with Crippen molar-refractivity contribution in [3.8, 4) is 0 Å². The Balaban J connectivity index is -0.000000166. The van der Waals surface area contributed by atoms with Gasteiger partial charge < -0.3 is 120 Å². The molecule has 33 nitrogen and oxygen atoms in total. The molecule has 0 aliphatic carbocycles. The maximum Gasteiger partial charge on any atom is 0.322 e. The van der Waals surface area contributed by atoms with Crippen molar-refractivity contribution in [2.75, 3.05) is 25.2 Å². The zero-order valence-corrected chi connectivity index (χ0v) is 51.1. The summed E-state index contributed by atoms with van der Waals surface area (Å²) in [6, 6.07) is 11.2. The summed E-state index contributed by atoms with van der Waals surface area (Å²) in [4.78, 5) is 105. The van der Waals surface area contributed by atoms with Crippen LogP contribution in [0.15, 0.2) is 65.7 Å². The van der Waals surface area contributed by atoms with E-state index in [1.165, 1.54) is 0 Å². The van der Waals surface area contributed by atoms with E-state index in [2.05, 4.69) is 10.7 Å². The van der Waals surface area contributed by atoms with Crippen molar-refractivity contribution in [3.05, 3.63) is 71.8 Å².